The maximum absolute atomic E-state index is 11.4. The van der Waals surface area contributed by atoms with E-state index in [2.05, 4.69) is 29.1 Å². The number of anilines is 2. The van der Waals surface area contributed by atoms with E-state index >= 15 is 0 Å². The van der Waals surface area contributed by atoms with Crippen molar-refractivity contribution in [1.29, 1.82) is 0 Å². The molecule has 15 heteroatoms. The van der Waals surface area contributed by atoms with Crippen molar-refractivity contribution in [3.63, 3.8) is 0 Å². The van der Waals surface area contributed by atoms with Gasteiger partial charge in [-0.2, -0.15) is 0 Å². The summed E-state index contributed by atoms with van der Waals surface area (Å²) in [5.74, 6) is -0.141. The maximum Gasteiger partial charge on any atom is 0.345 e. The zero-order chi connectivity index (χ0) is 25.2. The third-order valence-electron chi connectivity index (χ3n) is 3.60. The van der Waals surface area contributed by atoms with Crippen LogP contribution in [0.15, 0.2) is 12.4 Å². The Bertz CT molecular complexity index is 891. The van der Waals surface area contributed by atoms with Gasteiger partial charge in [0.15, 0.2) is 10.3 Å². The fraction of sp³-hybridized carbons (Fsp3) is 0.556. The Kier molecular flexibility index (Phi) is 16.3. The summed E-state index contributed by atoms with van der Waals surface area (Å²) in [6.45, 7) is 4.15. The summed E-state index contributed by atoms with van der Waals surface area (Å²) in [4.78, 5) is 47.9. The number of rotatable bonds is 11. The summed E-state index contributed by atoms with van der Waals surface area (Å²) in [6.07, 6.45) is 9.33. The second-order valence-corrected chi connectivity index (χ2v) is 8.84. The largest absolute Gasteiger partial charge is 0.375 e. The fourth-order valence-electron chi connectivity index (χ4n) is 2.00. The average molecular weight is 523 g/mol. The van der Waals surface area contributed by atoms with Crippen LogP contribution in [0.1, 0.15) is 65.2 Å². The minimum Gasteiger partial charge on any atom is -0.375 e. The van der Waals surface area contributed by atoms with Crippen LogP contribution in [-0.2, 0) is 9.59 Å². The van der Waals surface area contributed by atoms with Gasteiger partial charge < -0.3 is 11.1 Å². The number of nitrogen functional groups attached to an aromatic ring is 1. The molecule has 2 rings (SSSR count). The molecule has 0 saturated heterocycles. The summed E-state index contributed by atoms with van der Waals surface area (Å²) in [5, 5.41) is 23.1. The van der Waals surface area contributed by atoms with Gasteiger partial charge in [0, 0.05) is 12.8 Å². The summed E-state index contributed by atoms with van der Waals surface area (Å²) in [5.41, 5.74) is 5.12. The molecular weight excluding hydrogens is 496 g/mol. The molecule has 0 saturated carbocycles. The van der Waals surface area contributed by atoms with Crippen LogP contribution in [-0.4, -0.2) is 31.0 Å². The Morgan fingerprint density at radius 2 is 1.48 bits per heavy atom. The van der Waals surface area contributed by atoms with Gasteiger partial charge in [0.2, 0.25) is 11.1 Å². The molecule has 2 aromatic rings. The van der Waals surface area contributed by atoms with Crippen LogP contribution in [0.5, 0.6) is 0 Å². The van der Waals surface area contributed by atoms with E-state index in [9.17, 15) is 29.8 Å². The number of carbonyl (C=O) groups is 2. The second kappa shape index (κ2) is 17.8. The first-order valence-corrected chi connectivity index (χ1v) is 12.1. The van der Waals surface area contributed by atoms with Crippen molar-refractivity contribution in [3.05, 3.63) is 32.6 Å². The normalized spacial score (nSPS) is 9.67. The van der Waals surface area contributed by atoms with Gasteiger partial charge in [0.25, 0.3) is 0 Å². The van der Waals surface area contributed by atoms with Gasteiger partial charge in [-0.05, 0) is 47.1 Å². The highest BCUT2D eigenvalue weighted by atomic mass is 35.5. The van der Waals surface area contributed by atoms with Crippen LogP contribution in [0.25, 0.3) is 0 Å². The number of thiazole rings is 2. The quantitative estimate of drug-likeness (QED) is 0.165. The molecule has 0 aliphatic heterocycles. The number of nitro groups is 2. The van der Waals surface area contributed by atoms with Crippen LogP contribution in [0.2, 0.25) is 0 Å². The van der Waals surface area contributed by atoms with Crippen molar-refractivity contribution in [2.45, 2.75) is 65.2 Å². The van der Waals surface area contributed by atoms with E-state index in [1.54, 1.807) is 0 Å². The fourth-order valence-corrected chi connectivity index (χ4v) is 3.28. The summed E-state index contributed by atoms with van der Waals surface area (Å²) in [6, 6.07) is 0. The third kappa shape index (κ3) is 15.7. The number of nitrogens with two attached hydrogens (primary N) is 1. The van der Waals surface area contributed by atoms with Crippen molar-refractivity contribution in [3.8, 4) is 0 Å². The van der Waals surface area contributed by atoms with Crippen LogP contribution in [0.3, 0.4) is 0 Å². The molecule has 3 N–H and O–H groups in total. The molecule has 0 spiro atoms. The van der Waals surface area contributed by atoms with Gasteiger partial charge in [-0.3, -0.25) is 29.8 Å². The molecule has 0 radical (unpaired) electrons. The molecule has 0 atom stereocenters. The molecule has 1 amide bonds. The first-order valence-electron chi connectivity index (χ1n) is 10.0. The number of unbranched alkanes of at least 4 members (excludes halogenated alkanes) is 4. The van der Waals surface area contributed by atoms with Crippen molar-refractivity contribution in [2.75, 3.05) is 11.1 Å². The predicted octanol–water partition coefficient (Wildman–Crippen LogP) is 5.54. The van der Waals surface area contributed by atoms with E-state index < -0.39 is 9.85 Å². The lowest BCUT2D eigenvalue weighted by molar-refractivity contribution is -0.380. The lowest BCUT2D eigenvalue weighted by Gasteiger charge is -1.99. The SMILES string of the molecule is CCCCCC(=O)Cl.CCCCCC(=O)Nc1ncc([N+](=O)[O-])s1.Nc1ncc([N+](=O)[O-])s1. The number of amides is 1. The van der Waals surface area contributed by atoms with Gasteiger partial charge in [-0.15, -0.1) is 0 Å². The molecule has 33 heavy (non-hydrogen) atoms. The summed E-state index contributed by atoms with van der Waals surface area (Å²) in [7, 11) is 0. The molecular formula is C18H27ClN6O6S2. The predicted molar refractivity (Wildman–Crippen MR) is 130 cm³/mol. The number of halogens is 1. The number of nitrogens with zero attached hydrogens (tertiary/aromatic N) is 4. The van der Waals surface area contributed by atoms with Crippen molar-refractivity contribution < 1.29 is 19.4 Å². The maximum atomic E-state index is 11.4. The molecule has 12 nitrogen and oxygen atoms in total. The lowest BCUT2D eigenvalue weighted by atomic mass is 10.2. The van der Waals surface area contributed by atoms with E-state index in [4.69, 9.17) is 17.3 Å². The lowest BCUT2D eigenvalue weighted by Crippen LogP contribution is -2.10. The molecule has 0 fully saturated rings. The van der Waals surface area contributed by atoms with Crippen molar-refractivity contribution >= 4 is 65.7 Å². The Hall–Kier alpha value is -2.71. The topological polar surface area (TPSA) is 184 Å². The first kappa shape index (κ1) is 30.3. The van der Waals surface area contributed by atoms with E-state index in [1.807, 2.05) is 0 Å². The molecule has 0 bridgehead atoms. The summed E-state index contributed by atoms with van der Waals surface area (Å²) >= 11 is 6.80. The van der Waals surface area contributed by atoms with E-state index in [1.165, 1.54) is 0 Å². The molecule has 2 aromatic heterocycles. The van der Waals surface area contributed by atoms with Crippen LogP contribution in [0.4, 0.5) is 20.3 Å². The van der Waals surface area contributed by atoms with Gasteiger partial charge in [-0.1, -0.05) is 39.5 Å². The van der Waals surface area contributed by atoms with E-state index in [0.717, 1.165) is 73.6 Å². The third-order valence-corrected chi connectivity index (χ3v) is 5.43. The van der Waals surface area contributed by atoms with Gasteiger partial charge in [0.1, 0.15) is 12.4 Å². The average Bonchev–Trinajstić information content (AvgIpc) is 3.38. The Balaban J connectivity index is 0.000000511. The Morgan fingerprint density at radius 1 is 0.970 bits per heavy atom. The molecule has 0 aromatic carbocycles. The zero-order valence-corrected chi connectivity index (χ0v) is 20.7. The number of carbonyl (C=O) groups excluding carboxylic acids is 2. The highest BCUT2D eigenvalue weighted by Gasteiger charge is 2.13. The molecule has 2 heterocycles. The molecule has 0 aliphatic carbocycles. The monoisotopic (exact) mass is 522 g/mol. The minimum atomic E-state index is -0.523. The smallest absolute Gasteiger partial charge is 0.345 e. The molecule has 0 unspecified atom stereocenters. The molecule has 184 valence electrons. The van der Waals surface area contributed by atoms with E-state index in [-0.39, 0.29) is 31.4 Å². The highest BCUT2D eigenvalue weighted by molar-refractivity contribution is 7.19. The Labute approximate surface area is 203 Å². The van der Waals surface area contributed by atoms with Crippen LogP contribution < -0.4 is 11.1 Å². The minimum absolute atomic E-state index is 0.0208. The standard InChI is InChI=1S/C9H13N3O3S.C6H11ClO.C3H3N3O2S/c1-2-3-4-5-7(13)11-9-10-6-8(16-9)12(14)15;1-2-3-4-5-6(7)8;4-3-5-1-2(9-3)6(7)8/h6H,2-5H2,1H3,(H,10,11,13);2-5H2,1H3;1H,(H2,4,5). The van der Waals surface area contributed by atoms with Crippen LogP contribution in [0, 0.1) is 20.2 Å². The second-order valence-electron chi connectivity index (χ2n) is 6.37. The number of nitrogens with one attached hydrogen (secondary N) is 1. The van der Waals surface area contributed by atoms with Gasteiger partial charge in [-0.25, -0.2) is 9.97 Å². The van der Waals surface area contributed by atoms with Crippen molar-refractivity contribution in [2.24, 2.45) is 0 Å². The summed E-state index contributed by atoms with van der Waals surface area (Å²) < 4.78 is 0. The number of hydrogen-bond acceptors (Lipinski definition) is 11. The number of hydrogen-bond donors (Lipinski definition) is 2. The van der Waals surface area contributed by atoms with Crippen LogP contribution >= 0.6 is 34.3 Å². The Morgan fingerprint density at radius 3 is 1.88 bits per heavy atom. The van der Waals surface area contributed by atoms with E-state index in [0.29, 0.717) is 12.8 Å². The number of aromatic nitrogens is 2. The first-order chi connectivity index (χ1) is 15.6. The van der Waals surface area contributed by atoms with Crippen molar-refractivity contribution in [1.82, 2.24) is 9.97 Å². The van der Waals surface area contributed by atoms with Gasteiger partial charge >= 0.3 is 10.0 Å². The van der Waals surface area contributed by atoms with Gasteiger partial charge in [0.05, 0.1) is 9.85 Å². The highest BCUT2D eigenvalue weighted by Crippen LogP contribution is 2.25. The zero-order valence-electron chi connectivity index (χ0n) is 18.3. The molecule has 0 aliphatic rings.